The molecule has 8 nitrogen and oxygen atoms in total. The van der Waals surface area contributed by atoms with Crippen LogP contribution < -0.4 is 0 Å². The maximum atomic E-state index is 12.3. The van der Waals surface area contributed by atoms with E-state index in [1.807, 2.05) is 69.3 Å². The van der Waals surface area contributed by atoms with Gasteiger partial charge in [0.25, 0.3) is 5.69 Å². The van der Waals surface area contributed by atoms with Crippen molar-refractivity contribution in [3.8, 4) is 28.7 Å². The Morgan fingerprint density at radius 2 is 0.778 bits per heavy atom. The third kappa shape index (κ3) is 7.34. The first-order chi connectivity index (χ1) is 25.1. The molecule has 0 heterocycles. The van der Waals surface area contributed by atoms with E-state index in [0.717, 1.165) is 22.3 Å². The van der Waals surface area contributed by atoms with Crippen LogP contribution in [-0.4, -0.2) is 30.5 Å². The molecule has 1 aliphatic rings. The summed E-state index contributed by atoms with van der Waals surface area (Å²) >= 11 is 0. The number of nitro benzene ring substituents is 1. The molecule has 0 unspecified atom stereocenters. The molecule has 0 aromatic heterocycles. The summed E-state index contributed by atoms with van der Waals surface area (Å²) in [4.78, 5) is 11.8. The Labute approximate surface area is 317 Å². The zero-order chi connectivity index (χ0) is 39.6. The molecular weight excluding hydrogens is 679 g/mol. The van der Waals surface area contributed by atoms with E-state index in [1.54, 1.807) is 0 Å². The molecule has 0 spiro atoms. The first kappa shape index (κ1) is 38.2. The fourth-order valence-corrected chi connectivity index (χ4v) is 7.73. The molecule has 54 heavy (non-hydrogen) atoms. The minimum Gasteiger partial charge on any atom is -0.507 e. The highest BCUT2D eigenvalue weighted by Crippen LogP contribution is 2.44. The molecule has 0 saturated carbocycles. The van der Waals surface area contributed by atoms with Crippen LogP contribution >= 0.6 is 0 Å². The molecule has 5 aromatic rings. The number of nitrogens with zero attached hydrogens (tertiary/aromatic N) is 1. The maximum absolute atomic E-state index is 12.3. The van der Waals surface area contributed by atoms with Crippen molar-refractivity contribution in [3.05, 3.63) is 149 Å². The summed E-state index contributed by atoms with van der Waals surface area (Å²) in [6.07, 6.45) is 0.379. The lowest BCUT2D eigenvalue weighted by Gasteiger charge is -2.25. The summed E-state index contributed by atoms with van der Waals surface area (Å²) in [5.41, 5.74) is 7.78. The molecular formula is C46H51NO7. The van der Waals surface area contributed by atoms with Gasteiger partial charge in [-0.3, -0.25) is 10.1 Å². The molecule has 0 atom stereocenters. The van der Waals surface area contributed by atoms with Gasteiger partial charge in [-0.25, -0.2) is 0 Å². The quantitative estimate of drug-likeness (QED) is 0.0853. The van der Waals surface area contributed by atoms with E-state index >= 15 is 0 Å². The van der Waals surface area contributed by atoms with Crippen molar-refractivity contribution in [2.24, 2.45) is 0 Å². The lowest BCUT2D eigenvalue weighted by atomic mass is 9.81. The lowest BCUT2D eigenvalue weighted by molar-refractivity contribution is -0.385. The van der Waals surface area contributed by atoms with Gasteiger partial charge in [0.1, 0.15) is 28.7 Å². The zero-order valence-corrected chi connectivity index (χ0v) is 32.7. The van der Waals surface area contributed by atoms with Gasteiger partial charge in [-0.2, -0.15) is 0 Å². The highest BCUT2D eigenvalue weighted by atomic mass is 16.6. The molecule has 0 fully saturated rings. The second-order valence-electron chi connectivity index (χ2n) is 17.3. The minimum absolute atomic E-state index is 0.00210. The van der Waals surface area contributed by atoms with Crippen molar-refractivity contribution in [3.63, 3.8) is 0 Å². The Morgan fingerprint density at radius 1 is 0.500 bits per heavy atom. The van der Waals surface area contributed by atoms with Crippen molar-refractivity contribution in [1.82, 2.24) is 0 Å². The second kappa shape index (κ2) is 13.7. The SMILES string of the molecule is Cc1cc2c(O)c(c1)C(C)c1cc(C)cc(c1O)Cc1cc(C(C)(C)C)cc(c1O)Cc1cc([N+](=O)[O-])cc(c1O)Cc1cc(C(C)(C)C)cc(c1O)C2. The van der Waals surface area contributed by atoms with E-state index in [-0.39, 0.29) is 82.1 Å². The van der Waals surface area contributed by atoms with Gasteiger partial charge < -0.3 is 25.5 Å². The molecule has 8 heteroatoms. The third-order valence-electron chi connectivity index (χ3n) is 10.9. The number of aryl methyl sites for hydroxylation is 2. The Balaban J connectivity index is 1.69. The molecule has 0 radical (unpaired) electrons. The van der Waals surface area contributed by atoms with Gasteiger partial charge in [0.15, 0.2) is 0 Å². The van der Waals surface area contributed by atoms with Crippen LogP contribution in [0.5, 0.6) is 28.7 Å². The zero-order valence-electron chi connectivity index (χ0n) is 32.7. The molecule has 5 N–H and O–H groups in total. The summed E-state index contributed by atoms with van der Waals surface area (Å²) in [6.45, 7) is 18.2. The predicted octanol–water partition coefficient (Wildman–Crippen LogP) is 10.2. The predicted molar refractivity (Wildman–Crippen MR) is 213 cm³/mol. The van der Waals surface area contributed by atoms with Gasteiger partial charge in [0, 0.05) is 66.0 Å². The van der Waals surface area contributed by atoms with Crippen LogP contribution in [0.4, 0.5) is 5.69 Å². The van der Waals surface area contributed by atoms with Gasteiger partial charge in [0.2, 0.25) is 0 Å². The van der Waals surface area contributed by atoms with Crippen LogP contribution in [0.3, 0.4) is 0 Å². The van der Waals surface area contributed by atoms with Crippen LogP contribution in [0.2, 0.25) is 0 Å². The molecule has 5 aromatic carbocycles. The smallest absolute Gasteiger partial charge is 0.270 e. The minimum atomic E-state index is -0.504. The van der Waals surface area contributed by atoms with E-state index in [1.165, 1.54) is 12.1 Å². The Hall–Kier alpha value is -5.50. The van der Waals surface area contributed by atoms with Gasteiger partial charge in [-0.1, -0.05) is 108 Å². The molecule has 0 aliphatic heterocycles. The monoisotopic (exact) mass is 729 g/mol. The average Bonchev–Trinajstić information content (AvgIpc) is 3.07. The van der Waals surface area contributed by atoms with E-state index in [0.29, 0.717) is 44.5 Å². The summed E-state index contributed by atoms with van der Waals surface area (Å²) < 4.78 is 0. The highest BCUT2D eigenvalue weighted by molar-refractivity contribution is 5.60. The Bertz CT molecular complexity index is 2170. The highest BCUT2D eigenvalue weighted by Gasteiger charge is 2.27. The number of phenols is 5. The van der Waals surface area contributed by atoms with Crippen LogP contribution in [0.1, 0.15) is 132 Å². The summed E-state index contributed by atoms with van der Waals surface area (Å²) in [7, 11) is 0. The molecule has 0 saturated heterocycles. The third-order valence-corrected chi connectivity index (χ3v) is 10.9. The number of benzene rings is 5. The van der Waals surface area contributed by atoms with Gasteiger partial charge in [0.05, 0.1) is 4.92 Å². The first-order valence-electron chi connectivity index (χ1n) is 18.5. The summed E-state index contributed by atoms with van der Waals surface area (Å²) in [6, 6.07) is 17.9. The lowest BCUT2D eigenvalue weighted by Crippen LogP contribution is -2.13. The van der Waals surface area contributed by atoms with Gasteiger partial charge >= 0.3 is 0 Å². The maximum Gasteiger partial charge on any atom is 0.270 e. The van der Waals surface area contributed by atoms with Crippen LogP contribution in [0.15, 0.2) is 60.7 Å². The molecule has 282 valence electrons. The summed E-state index contributed by atoms with van der Waals surface area (Å²) in [5, 5.41) is 71.7. The van der Waals surface area contributed by atoms with Crippen molar-refractivity contribution < 1.29 is 30.5 Å². The second-order valence-corrected chi connectivity index (χ2v) is 17.3. The van der Waals surface area contributed by atoms with E-state index in [4.69, 9.17) is 0 Å². The average molecular weight is 730 g/mol. The number of hydrogen-bond acceptors (Lipinski definition) is 7. The van der Waals surface area contributed by atoms with Crippen molar-refractivity contribution >= 4 is 5.69 Å². The van der Waals surface area contributed by atoms with Crippen LogP contribution in [0, 0.1) is 24.0 Å². The van der Waals surface area contributed by atoms with Gasteiger partial charge in [-0.05, 0) is 69.2 Å². The van der Waals surface area contributed by atoms with Crippen molar-refractivity contribution in [2.45, 2.75) is 105 Å². The topological polar surface area (TPSA) is 144 Å². The van der Waals surface area contributed by atoms with E-state index in [2.05, 4.69) is 41.5 Å². The molecule has 1 aliphatic carbocycles. The fourth-order valence-electron chi connectivity index (χ4n) is 7.73. The number of aromatic hydroxyl groups is 5. The van der Waals surface area contributed by atoms with Crippen molar-refractivity contribution in [1.29, 1.82) is 0 Å². The van der Waals surface area contributed by atoms with Crippen molar-refractivity contribution in [2.75, 3.05) is 0 Å². The number of non-ortho nitro benzene ring substituents is 1. The first-order valence-corrected chi connectivity index (χ1v) is 18.5. The number of hydrogen-bond donors (Lipinski definition) is 5. The Kier molecular flexibility index (Phi) is 9.72. The number of phenolic OH excluding ortho intramolecular Hbond substituents is 5. The molecule has 0 amide bonds. The summed E-state index contributed by atoms with van der Waals surface area (Å²) in [5.74, 6) is -0.494. The van der Waals surface area contributed by atoms with Crippen LogP contribution in [0.25, 0.3) is 0 Å². The number of rotatable bonds is 1. The number of fused-ring (bicyclic) bond motifs is 10. The standard InChI is InChI=1S/C46H51NO7/c1-24-10-27-14-29-18-35(45(4,5)6)20-31(40(29)48)16-33-22-37(47(53)54)23-34(42(33)50)17-32-21-36(46(7,8)9)19-30(41(32)49)15-28-11-25(2)13-39(44(28)52)26(3)38(12-24)43(27)51/h10-13,18-23,26,48-52H,14-17H2,1-9H3. The molecule has 10 bridgehead atoms. The van der Waals surface area contributed by atoms with E-state index < -0.39 is 10.8 Å². The Morgan fingerprint density at radius 3 is 1.06 bits per heavy atom. The normalized spacial score (nSPS) is 13.8. The largest absolute Gasteiger partial charge is 0.507 e. The fraction of sp³-hybridized carbons (Fsp3) is 0.348. The number of nitro groups is 1. The molecule has 6 rings (SSSR count). The van der Waals surface area contributed by atoms with Gasteiger partial charge in [-0.15, -0.1) is 0 Å². The van der Waals surface area contributed by atoms with E-state index in [9.17, 15) is 35.6 Å². The van der Waals surface area contributed by atoms with Crippen LogP contribution in [-0.2, 0) is 36.5 Å².